The van der Waals surface area contributed by atoms with Crippen LogP contribution in [0.1, 0.15) is 30.7 Å². The molecule has 0 bridgehead atoms. The fourth-order valence-electron chi connectivity index (χ4n) is 5.76. The third-order valence-electron chi connectivity index (χ3n) is 7.91. The number of hydrogen-bond acceptors (Lipinski definition) is 5. The van der Waals surface area contributed by atoms with E-state index in [-0.39, 0.29) is 36.4 Å². The second-order valence-electron chi connectivity index (χ2n) is 10.3. The predicted octanol–water partition coefficient (Wildman–Crippen LogP) is 1.97. The summed E-state index contributed by atoms with van der Waals surface area (Å²) in [6.07, 6.45) is 8.68. The molecule has 2 aliphatic heterocycles. The van der Waals surface area contributed by atoms with Crippen molar-refractivity contribution < 1.29 is 19.8 Å². The van der Waals surface area contributed by atoms with E-state index in [0.29, 0.717) is 56.5 Å². The van der Waals surface area contributed by atoms with Crippen molar-refractivity contribution in [3.05, 3.63) is 64.8 Å². The van der Waals surface area contributed by atoms with Crippen molar-refractivity contribution in [2.75, 3.05) is 26.2 Å². The lowest BCUT2D eigenvalue weighted by Crippen LogP contribution is -2.53. The monoisotopic (exact) mass is 517 g/mol. The molecule has 2 saturated heterocycles. The van der Waals surface area contributed by atoms with Crippen molar-refractivity contribution >= 4 is 23.0 Å². The van der Waals surface area contributed by atoms with Crippen molar-refractivity contribution in [1.82, 2.24) is 23.9 Å². The van der Waals surface area contributed by atoms with E-state index in [1.807, 2.05) is 30.3 Å². The second kappa shape index (κ2) is 10.3. The molecule has 0 radical (unpaired) electrons. The molecule has 2 N–H and O–H groups in total. The minimum atomic E-state index is -1.15. The number of carbonyl (C=O) groups is 2. The van der Waals surface area contributed by atoms with E-state index < -0.39 is 11.7 Å². The predicted molar refractivity (Wildman–Crippen MR) is 140 cm³/mol. The molecule has 1 aromatic carbocycles. The minimum Gasteiger partial charge on any atom is -0.465 e. The van der Waals surface area contributed by atoms with Crippen molar-refractivity contribution in [2.24, 2.45) is 5.92 Å². The Labute approximate surface area is 220 Å². The Morgan fingerprint density at radius 2 is 1.82 bits per heavy atom. The summed E-state index contributed by atoms with van der Waals surface area (Å²) in [7, 11) is 0. The van der Waals surface area contributed by atoms with Crippen LogP contribution in [0, 0.1) is 18.3 Å². The van der Waals surface area contributed by atoms with E-state index in [1.54, 1.807) is 21.7 Å². The summed E-state index contributed by atoms with van der Waals surface area (Å²) in [5.74, 6) is 1.96. The molecule has 5 rings (SSSR count). The number of piperidine rings is 2. The molecule has 0 spiro atoms. The van der Waals surface area contributed by atoms with Crippen molar-refractivity contribution in [3.8, 4) is 12.3 Å². The van der Waals surface area contributed by atoms with E-state index in [9.17, 15) is 24.6 Å². The second-order valence-corrected chi connectivity index (χ2v) is 10.3. The lowest BCUT2D eigenvalue weighted by Gasteiger charge is -2.42. The van der Waals surface area contributed by atoms with E-state index >= 15 is 0 Å². The Bertz CT molecular complexity index is 1430. The first-order valence-electron chi connectivity index (χ1n) is 12.8. The quantitative estimate of drug-likeness (QED) is 0.499. The summed E-state index contributed by atoms with van der Waals surface area (Å²) >= 11 is 0. The molecule has 198 valence electrons. The van der Waals surface area contributed by atoms with Gasteiger partial charge in [-0.05, 0) is 30.9 Å². The number of nitrogens with zero attached hydrogens (tertiary/aromatic N) is 5. The maximum atomic E-state index is 13.6. The van der Waals surface area contributed by atoms with Crippen LogP contribution in [0.3, 0.4) is 0 Å². The highest BCUT2D eigenvalue weighted by Crippen LogP contribution is 2.35. The maximum Gasteiger partial charge on any atom is 0.407 e. The van der Waals surface area contributed by atoms with Crippen molar-refractivity contribution in [3.63, 3.8) is 0 Å². The molecule has 0 unspecified atom stereocenters. The molecule has 2 atom stereocenters. The number of benzene rings is 1. The van der Waals surface area contributed by atoms with Gasteiger partial charge in [0.05, 0.1) is 24.1 Å². The van der Waals surface area contributed by atoms with Gasteiger partial charge >= 0.3 is 6.09 Å². The van der Waals surface area contributed by atoms with Gasteiger partial charge in [0.2, 0.25) is 5.91 Å². The first-order chi connectivity index (χ1) is 18.3. The summed E-state index contributed by atoms with van der Waals surface area (Å²) < 4.78 is 3.15. The number of rotatable bonds is 5. The summed E-state index contributed by atoms with van der Waals surface area (Å²) in [6.45, 7) is 1.70. The lowest BCUT2D eigenvalue weighted by atomic mass is 9.79. The molecule has 2 aromatic heterocycles. The van der Waals surface area contributed by atoms with Crippen LogP contribution in [-0.4, -0.2) is 77.9 Å². The number of carbonyl (C=O) groups excluding carboxylic acids is 1. The smallest absolute Gasteiger partial charge is 0.407 e. The summed E-state index contributed by atoms with van der Waals surface area (Å²) in [4.78, 5) is 45.8. The first-order valence-corrected chi connectivity index (χ1v) is 12.8. The molecule has 4 heterocycles. The zero-order valence-corrected chi connectivity index (χ0v) is 21.1. The van der Waals surface area contributed by atoms with E-state index in [2.05, 4.69) is 10.9 Å². The number of aliphatic hydroxyl groups is 1. The van der Waals surface area contributed by atoms with Crippen LogP contribution in [0.15, 0.2) is 53.7 Å². The van der Waals surface area contributed by atoms with Crippen molar-refractivity contribution in [2.45, 2.75) is 43.9 Å². The number of terminal acetylenes is 1. The van der Waals surface area contributed by atoms with E-state index in [0.717, 1.165) is 5.56 Å². The van der Waals surface area contributed by atoms with Crippen LogP contribution < -0.4 is 5.56 Å². The van der Waals surface area contributed by atoms with Crippen LogP contribution in [0.25, 0.3) is 11.0 Å². The van der Waals surface area contributed by atoms with Gasteiger partial charge in [0, 0.05) is 44.2 Å². The third kappa shape index (κ3) is 4.89. The maximum absolute atomic E-state index is 13.6. The Hall–Kier alpha value is -4.10. The van der Waals surface area contributed by atoms with Gasteiger partial charge in [0.25, 0.3) is 5.56 Å². The van der Waals surface area contributed by atoms with Crippen molar-refractivity contribution in [1.29, 1.82) is 0 Å². The molecule has 38 heavy (non-hydrogen) atoms. The fraction of sp³-hybridized carbons (Fsp3) is 0.429. The molecule has 3 aromatic rings. The molecule has 0 aliphatic carbocycles. The zero-order valence-electron chi connectivity index (χ0n) is 21.1. The normalized spacial score (nSPS) is 21.3. The minimum absolute atomic E-state index is 0.0129. The highest BCUT2D eigenvalue weighted by atomic mass is 16.4. The molecule has 10 heteroatoms. The number of likely N-dealkylation sites (tertiary alicyclic amines) is 2. The van der Waals surface area contributed by atoms with Gasteiger partial charge in [-0.3, -0.25) is 14.2 Å². The first kappa shape index (κ1) is 25.5. The van der Waals surface area contributed by atoms with E-state index in [1.165, 1.54) is 15.8 Å². The highest BCUT2D eigenvalue weighted by Gasteiger charge is 2.41. The van der Waals surface area contributed by atoms with Gasteiger partial charge < -0.3 is 24.6 Å². The lowest BCUT2D eigenvalue weighted by molar-refractivity contribution is -0.142. The highest BCUT2D eigenvalue weighted by molar-refractivity contribution is 5.81. The number of fused-ring (bicyclic) bond motifs is 1. The Balaban J connectivity index is 1.27. The Kier molecular flexibility index (Phi) is 6.95. The zero-order chi connectivity index (χ0) is 26.9. The van der Waals surface area contributed by atoms with Crippen LogP contribution in [0.2, 0.25) is 0 Å². The molecule has 0 saturated carbocycles. The number of amides is 2. The van der Waals surface area contributed by atoms with Crippen LogP contribution >= 0.6 is 0 Å². The van der Waals surface area contributed by atoms with Gasteiger partial charge in [0.15, 0.2) is 0 Å². The standard InChI is InChI=1S/C28H31N5O5/c1-2-12-30-13-9-22-24(30)29-19-33(26(22)35)18-28(38)10-15-31(16-11-28)25(34)21-8-14-32(27(36)37)17-23(21)20-6-4-3-5-7-20/h1,3-7,9,13,19,21,23,38H,8,10-12,14-18H2,(H,36,37)/t21-,23+/m1/s1. The fourth-order valence-corrected chi connectivity index (χ4v) is 5.76. The van der Waals surface area contributed by atoms with Gasteiger partial charge in [-0.1, -0.05) is 36.3 Å². The molecular weight excluding hydrogens is 486 g/mol. The van der Waals surface area contributed by atoms with Gasteiger partial charge in [-0.2, -0.15) is 0 Å². The Morgan fingerprint density at radius 3 is 2.50 bits per heavy atom. The number of hydrogen-bond donors (Lipinski definition) is 2. The number of carboxylic acid groups (broad SMARTS) is 1. The van der Waals surface area contributed by atoms with Crippen LogP contribution in [-0.2, 0) is 17.9 Å². The Morgan fingerprint density at radius 1 is 1.08 bits per heavy atom. The largest absolute Gasteiger partial charge is 0.465 e. The summed E-state index contributed by atoms with van der Waals surface area (Å²) in [5.41, 5.74) is 0.0684. The number of aromatic nitrogens is 3. The van der Waals surface area contributed by atoms with Gasteiger partial charge in [-0.15, -0.1) is 6.42 Å². The topological polar surface area (TPSA) is 121 Å². The SMILES string of the molecule is C#CCn1ccc2c(=O)n(CC3(O)CCN(C(=O)[C@@H]4CCN(C(=O)O)C[C@H]4c4ccccc4)CC3)cnc21. The molecule has 2 amide bonds. The third-order valence-corrected chi connectivity index (χ3v) is 7.91. The van der Waals surface area contributed by atoms with Crippen LogP contribution in [0.4, 0.5) is 4.79 Å². The average Bonchev–Trinajstić information content (AvgIpc) is 3.34. The summed E-state index contributed by atoms with van der Waals surface area (Å²) in [6, 6.07) is 11.3. The van der Waals surface area contributed by atoms with Gasteiger partial charge in [0.1, 0.15) is 12.0 Å². The summed E-state index contributed by atoms with van der Waals surface area (Å²) in [5, 5.41) is 21.3. The molecular formula is C28H31N5O5. The molecule has 2 aliphatic rings. The van der Waals surface area contributed by atoms with Crippen LogP contribution in [0.5, 0.6) is 0 Å². The van der Waals surface area contributed by atoms with Gasteiger partial charge in [-0.25, -0.2) is 9.78 Å². The molecule has 10 nitrogen and oxygen atoms in total. The molecule has 2 fully saturated rings. The van der Waals surface area contributed by atoms with E-state index in [4.69, 9.17) is 6.42 Å². The average molecular weight is 518 g/mol.